The van der Waals surface area contributed by atoms with Crippen LogP contribution >= 0.6 is 35.8 Å². The Morgan fingerprint density at radius 3 is 2.26 bits per heavy atom. The van der Waals surface area contributed by atoms with Gasteiger partial charge in [0.2, 0.25) is 17.4 Å². The van der Waals surface area contributed by atoms with Crippen LogP contribution in [0.4, 0.5) is 5.69 Å². The standard InChI is InChI=1S/C32H39ClN2O6S.ClH/c1-6-34(18-20-41-28-16-15-27(37-3)30(38-4)31(28)39-5)17-9-10-19-40-26-14-13-23(33)21-24(26)32-35(22(2)36)25-11-7-8-12-29(25)42-32;/h7-8,11-16,21,32H,6,9-10,17-20H2,1-5H3;1H. The third-order valence-electron chi connectivity index (χ3n) is 7.08. The zero-order chi connectivity index (χ0) is 30.1. The number of likely N-dealkylation sites (N-methyl/N-ethyl adjacent to an activating group) is 1. The van der Waals surface area contributed by atoms with E-state index in [4.69, 9.17) is 35.3 Å². The Kier molecular flexibility index (Phi) is 13.4. The average molecular weight is 652 g/mol. The van der Waals surface area contributed by atoms with Crippen molar-refractivity contribution in [3.05, 3.63) is 65.2 Å². The lowest BCUT2D eigenvalue weighted by molar-refractivity contribution is -0.116. The molecule has 3 aromatic rings. The number of para-hydroxylation sites is 1. The van der Waals surface area contributed by atoms with Crippen LogP contribution in [0.3, 0.4) is 0 Å². The van der Waals surface area contributed by atoms with Crippen molar-refractivity contribution < 1.29 is 28.5 Å². The van der Waals surface area contributed by atoms with Gasteiger partial charge in [-0.05, 0) is 68.4 Å². The Morgan fingerprint density at radius 2 is 1.56 bits per heavy atom. The Morgan fingerprint density at radius 1 is 0.884 bits per heavy atom. The lowest BCUT2D eigenvalue weighted by Crippen LogP contribution is -2.29. The lowest BCUT2D eigenvalue weighted by Gasteiger charge is -2.25. The van der Waals surface area contributed by atoms with Crippen molar-refractivity contribution in [2.45, 2.75) is 37.0 Å². The number of nitrogens with zero attached hydrogens (tertiary/aromatic N) is 2. The molecule has 1 heterocycles. The summed E-state index contributed by atoms with van der Waals surface area (Å²) >= 11 is 8.03. The first-order valence-corrected chi connectivity index (χ1v) is 15.3. The van der Waals surface area contributed by atoms with Gasteiger partial charge >= 0.3 is 0 Å². The van der Waals surface area contributed by atoms with E-state index in [9.17, 15) is 4.79 Å². The number of carbonyl (C=O) groups is 1. The first-order valence-electron chi connectivity index (χ1n) is 14.0. The second-order valence-corrected chi connectivity index (χ2v) is 11.2. The quantitative estimate of drug-likeness (QED) is 0.157. The van der Waals surface area contributed by atoms with Gasteiger partial charge in [0, 0.05) is 29.0 Å². The number of fused-ring (bicyclic) bond motifs is 1. The molecule has 0 spiro atoms. The topological polar surface area (TPSA) is 69.7 Å². The number of amides is 1. The highest BCUT2D eigenvalue weighted by Gasteiger charge is 2.35. The van der Waals surface area contributed by atoms with Crippen molar-refractivity contribution in [2.75, 3.05) is 59.1 Å². The molecule has 0 saturated heterocycles. The molecule has 0 saturated carbocycles. The number of hydrogen-bond donors (Lipinski definition) is 0. The van der Waals surface area contributed by atoms with Gasteiger partial charge in [-0.3, -0.25) is 9.69 Å². The van der Waals surface area contributed by atoms with Gasteiger partial charge in [-0.1, -0.05) is 42.4 Å². The highest BCUT2D eigenvalue weighted by molar-refractivity contribution is 8.00. The summed E-state index contributed by atoms with van der Waals surface area (Å²) in [6.07, 6.45) is 1.86. The van der Waals surface area contributed by atoms with Crippen LogP contribution < -0.4 is 28.6 Å². The first-order chi connectivity index (χ1) is 20.4. The molecule has 0 aromatic heterocycles. The number of unbranched alkanes of at least 4 members (excludes halogenated alkanes) is 1. The van der Waals surface area contributed by atoms with Crippen molar-refractivity contribution in [1.29, 1.82) is 0 Å². The van der Waals surface area contributed by atoms with Crippen molar-refractivity contribution in [1.82, 2.24) is 4.90 Å². The second-order valence-electron chi connectivity index (χ2n) is 9.68. The number of ether oxygens (including phenoxy) is 5. The molecule has 11 heteroatoms. The Hall–Kier alpha value is -2.98. The molecule has 1 atom stereocenters. The maximum absolute atomic E-state index is 12.6. The fraction of sp³-hybridized carbons (Fsp3) is 0.406. The number of anilines is 1. The van der Waals surface area contributed by atoms with Crippen LogP contribution in [0.5, 0.6) is 28.7 Å². The molecule has 0 aliphatic carbocycles. The summed E-state index contributed by atoms with van der Waals surface area (Å²) in [5.74, 6) is 2.97. The van der Waals surface area contributed by atoms with Crippen molar-refractivity contribution >= 4 is 47.4 Å². The average Bonchev–Trinajstić information content (AvgIpc) is 3.40. The number of methoxy groups -OCH3 is 3. The molecule has 0 N–H and O–H groups in total. The van der Waals surface area contributed by atoms with E-state index in [0.717, 1.165) is 54.4 Å². The van der Waals surface area contributed by atoms with Gasteiger partial charge in [0.25, 0.3) is 0 Å². The van der Waals surface area contributed by atoms with E-state index in [0.29, 0.717) is 41.2 Å². The first kappa shape index (κ1) is 34.5. The second kappa shape index (κ2) is 16.8. The molecule has 0 fully saturated rings. The summed E-state index contributed by atoms with van der Waals surface area (Å²) < 4.78 is 28.6. The van der Waals surface area contributed by atoms with Gasteiger partial charge in [-0.25, -0.2) is 0 Å². The Bertz CT molecular complexity index is 1360. The molecular weight excluding hydrogens is 611 g/mol. The van der Waals surface area contributed by atoms with E-state index >= 15 is 0 Å². The summed E-state index contributed by atoms with van der Waals surface area (Å²) in [4.78, 5) is 17.9. The number of rotatable bonds is 15. The van der Waals surface area contributed by atoms with Crippen molar-refractivity contribution in [3.63, 3.8) is 0 Å². The highest BCUT2D eigenvalue weighted by atomic mass is 35.5. The van der Waals surface area contributed by atoms with Crippen LogP contribution in [-0.2, 0) is 4.79 Å². The molecule has 1 aliphatic heterocycles. The van der Waals surface area contributed by atoms with E-state index in [-0.39, 0.29) is 23.7 Å². The number of hydrogen-bond acceptors (Lipinski definition) is 8. The van der Waals surface area contributed by atoms with E-state index in [2.05, 4.69) is 11.8 Å². The van der Waals surface area contributed by atoms with Crippen molar-refractivity contribution in [2.24, 2.45) is 0 Å². The maximum atomic E-state index is 12.6. The molecule has 0 bridgehead atoms. The summed E-state index contributed by atoms with van der Waals surface area (Å²) in [6, 6.07) is 17.2. The lowest BCUT2D eigenvalue weighted by atomic mass is 10.1. The van der Waals surface area contributed by atoms with Gasteiger partial charge in [-0.2, -0.15) is 0 Å². The molecule has 8 nitrogen and oxygen atoms in total. The molecule has 1 amide bonds. The Labute approximate surface area is 269 Å². The summed E-state index contributed by atoms with van der Waals surface area (Å²) in [7, 11) is 4.75. The number of thioether (sulfide) groups is 1. The highest BCUT2D eigenvalue weighted by Crippen LogP contribution is 2.53. The predicted octanol–water partition coefficient (Wildman–Crippen LogP) is 7.50. The minimum atomic E-state index is -0.228. The Balaban J connectivity index is 0.00000506. The van der Waals surface area contributed by atoms with Crippen LogP contribution in [0.25, 0.3) is 0 Å². The summed E-state index contributed by atoms with van der Waals surface area (Å²) in [5.41, 5.74) is 1.82. The molecule has 43 heavy (non-hydrogen) atoms. The molecule has 3 aromatic carbocycles. The van der Waals surface area contributed by atoms with Crippen LogP contribution in [0, 0.1) is 0 Å². The molecule has 0 radical (unpaired) electrons. The van der Waals surface area contributed by atoms with Gasteiger partial charge in [0.15, 0.2) is 11.5 Å². The SMILES string of the molecule is CCN(CCCCOc1ccc(Cl)cc1C1Sc2ccccc2N1C(C)=O)CCOc1ccc(OC)c(OC)c1OC.Cl. The van der Waals surface area contributed by atoms with Crippen LogP contribution in [-0.4, -0.2) is 65.0 Å². The normalized spacial score (nSPS) is 13.7. The molecule has 4 rings (SSSR count). The molecule has 1 unspecified atom stereocenters. The third-order valence-corrected chi connectivity index (χ3v) is 8.60. The fourth-order valence-corrected chi connectivity index (χ4v) is 6.50. The molecule has 234 valence electrons. The minimum absolute atomic E-state index is 0. The largest absolute Gasteiger partial charge is 0.493 e. The summed E-state index contributed by atoms with van der Waals surface area (Å²) in [5, 5.41) is 0.386. The zero-order valence-electron chi connectivity index (χ0n) is 25.3. The van der Waals surface area contributed by atoms with Gasteiger partial charge < -0.3 is 28.6 Å². The smallest absolute Gasteiger partial charge is 0.225 e. The van der Waals surface area contributed by atoms with Crippen LogP contribution in [0.15, 0.2) is 59.5 Å². The van der Waals surface area contributed by atoms with Gasteiger partial charge in [0.1, 0.15) is 17.7 Å². The zero-order valence-corrected chi connectivity index (χ0v) is 27.7. The van der Waals surface area contributed by atoms with E-state index in [1.54, 1.807) is 40.0 Å². The number of halogens is 2. The minimum Gasteiger partial charge on any atom is -0.493 e. The van der Waals surface area contributed by atoms with Crippen molar-refractivity contribution in [3.8, 4) is 28.7 Å². The van der Waals surface area contributed by atoms with Crippen LogP contribution in [0.1, 0.15) is 37.6 Å². The maximum Gasteiger partial charge on any atom is 0.225 e. The van der Waals surface area contributed by atoms with E-state index in [1.807, 2.05) is 59.5 Å². The van der Waals surface area contributed by atoms with E-state index < -0.39 is 0 Å². The fourth-order valence-electron chi connectivity index (χ4n) is 4.96. The molecule has 1 aliphatic rings. The van der Waals surface area contributed by atoms with Gasteiger partial charge in [-0.15, -0.1) is 12.4 Å². The van der Waals surface area contributed by atoms with E-state index in [1.165, 1.54) is 0 Å². The molecular formula is C32H40Cl2N2O6S. The summed E-state index contributed by atoms with van der Waals surface area (Å²) in [6.45, 7) is 7.42. The van der Waals surface area contributed by atoms with Crippen LogP contribution in [0.2, 0.25) is 5.02 Å². The van der Waals surface area contributed by atoms with Gasteiger partial charge in [0.05, 0.1) is 33.6 Å². The monoisotopic (exact) mass is 650 g/mol. The number of carbonyl (C=O) groups excluding carboxylic acids is 1. The third kappa shape index (κ3) is 8.35. The predicted molar refractivity (Wildman–Crippen MR) is 175 cm³/mol. The number of benzene rings is 3.